The van der Waals surface area contributed by atoms with E-state index in [0.29, 0.717) is 6.04 Å². The van der Waals surface area contributed by atoms with E-state index in [9.17, 15) is 0 Å². The molecule has 1 fully saturated rings. The highest BCUT2D eigenvalue weighted by Gasteiger charge is 2.18. The van der Waals surface area contributed by atoms with Crippen molar-refractivity contribution in [3.05, 3.63) is 16.6 Å². The molecule has 3 N–H and O–H groups in total. The number of nitrogens with two attached hydrogens (primary N) is 1. The third kappa shape index (κ3) is 4.37. The first-order valence-corrected chi connectivity index (χ1v) is 7.60. The van der Waals surface area contributed by atoms with Gasteiger partial charge in [0.15, 0.2) is 0 Å². The fourth-order valence-corrected chi connectivity index (χ4v) is 3.47. The summed E-state index contributed by atoms with van der Waals surface area (Å²) in [6, 6.07) is 0.415. The van der Waals surface area contributed by atoms with Gasteiger partial charge < -0.3 is 0 Å². The SMILES string of the molecule is NNC(Cc1cncs1)CC1CCCCCC1. The van der Waals surface area contributed by atoms with Crippen molar-refractivity contribution in [2.45, 2.75) is 57.4 Å². The van der Waals surface area contributed by atoms with Crippen molar-refractivity contribution < 1.29 is 0 Å². The van der Waals surface area contributed by atoms with E-state index >= 15 is 0 Å². The number of hydrazine groups is 1. The molecule has 4 heteroatoms. The van der Waals surface area contributed by atoms with Crippen LogP contribution in [0.2, 0.25) is 0 Å². The summed E-state index contributed by atoms with van der Waals surface area (Å²) >= 11 is 1.73. The maximum absolute atomic E-state index is 5.68. The van der Waals surface area contributed by atoms with Crippen LogP contribution >= 0.6 is 11.3 Å². The van der Waals surface area contributed by atoms with E-state index in [1.165, 1.54) is 49.8 Å². The van der Waals surface area contributed by atoms with Crippen LogP contribution in [-0.4, -0.2) is 11.0 Å². The number of nitrogens with one attached hydrogen (secondary N) is 1. The van der Waals surface area contributed by atoms with Crippen LogP contribution in [0.1, 0.15) is 49.8 Å². The van der Waals surface area contributed by atoms with Crippen LogP contribution in [0.5, 0.6) is 0 Å². The monoisotopic (exact) mass is 253 g/mol. The lowest BCUT2D eigenvalue weighted by atomic mass is 9.91. The first-order chi connectivity index (χ1) is 8.38. The van der Waals surface area contributed by atoms with E-state index in [-0.39, 0.29) is 0 Å². The van der Waals surface area contributed by atoms with Crippen LogP contribution in [0.3, 0.4) is 0 Å². The van der Waals surface area contributed by atoms with Gasteiger partial charge in [-0.05, 0) is 12.3 Å². The Morgan fingerprint density at radius 1 is 1.35 bits per heavy atom. The lowest BCUT2D eigenvalue weighted by molar-refractivity contribution is 0.353. The number of hydrogen-bond donors (Lipinski definition) is 2. The molecule has 1 saturated carbocycles. The van der Waals surface area contributed by atoms with Crippen LogP contribution in [0.4, 0.5) is 0 Å². The van der Waals surface area contributed by atoms with Gasteiger partial charge in [0.1, 0.15) is 0 Å². The summed E-state index contributed by atoms with van der Waals surface area (Å²) < 4.78 is 0. The molecule has 0 aliphatic heterocycles. The Morgan fingerprint density at radius 3 is 2.71 bits per heavy atom. The number of rotatable bonds is 5. The van der Waals surface area contributed by atoms with Crippen LogP contribution < -0.4 is 11.3 Å². The van der Waals surface area contributed by atoms with Crippen molar-refractivity contribution in [3.63, 3.8) is 0 Å². The largest absolute Gasteiger partial charge is 0.271 e. The van der Waals surface area contributed by atoms with E-state index in [1.54, 1.807) is 11.3 Å². The second-order valence-corrected chi connectivity index (χ2v) is 6.10. The zero-order valence-electron chi connectivity index (χ0n) is 10.4. The zero-order valence-corrected chi connectivity index (χ0v) is 11.2. The minimum absolute atomic E-state index is 0.415. The Morgan fingerprint density at radius 2 is 2.12 bits per heavy atom. The zero-order chi connectivity index (χ0) is 11.9. The minimum Gasteiger partial charge on any atom is -0.271 e. The summed E-state index contributed by atoms with van der Waals surface area (Å²) in [5.74, 6) is 6.55. The quantitative estimate of drug-likeness (QED) is 0.482. The molecule has 1 unspecified atom stereocenters. The Hall–Kier alpha value is -0.450. The molecule has 96 valence electrons. The molecule has 17 heavy (non-hydrogen) atoms. The van der Waals surface area contributed by atoms with Gasteiger partial charge in [0.05, 0.1) is 5.51 Å². The first kappa shape index (κ1) is 13.0. The molecule has 0 aromatic carbocycles. The maximum atomic E-state index is 5.68. The van der Waals surface area contributed by atoms with Gasteiger partial charge in [-0.15, -0.1) is 11.3 Å². The van der Waals surface area contributed by atoms with Gasteiger partial charge in [-0.1, -0.05) is 38.5 Å². The van der Waals surface area contributed by atoms with Gasteiger partial charge >= 0.3 is 0 Å². The van der Waals surface area contributed by atoms with Crippen molar-refractivity contribution in [2.75, 3.05) is 0 Å². The molecule has 0 radical (unpaired) electrons. The van der Waals surface area contributed by atoms with Crippen molar-refractivity contribution in [1.29, 1.82) is 0 Å². The first-order valence-electron chi connectivity index (χ1n) is 6.72. The Labute approximate surface area is 108 Å². The lowest BCUT2D eigenvalue weighted by Gasteiger charge is -2.21. The third-order valence-electron chi connectivity index (χ3n) is 3.76. The number of nitrogens with zero attached hydrogens (tertiary/aromatic N) is 1. The third-order valence-corrected chi connectivity index (χ3v) is 4.56. The molecule has 1 aromatic heterocycles. The summed E-state index contributed by atoms with van der Waals surface area (Å²) in [6.45, 7) is 0. The van der Waals surface area contributed by atoms with Gasteiger partial charge in [-0.2, -0.15) is 0 Å². The molecular formula is C13H23N3S. The van der Waals surface area contributed by atoms with Crippen molar-refractivity contribution in [1.82, 2.24) is 10.4 Å². The van der Waals surface area contributed by atoms with Crippen molar-refractivity contribution in [3.8, 4) is 0 Å². The standard InChI is InChI=1S/C13H23N3S/c14-16-12(8-13-9-15-10-17-13)7-11-5-3-1-2-4-6-11/h9-12,16H,1-8,14H2. The number of aromatic nitrogens is 1. The molecule has 0 bridgehead atoms. The predicted octanol–water partition coefficient (Wildman–Crippen LogP) is 2.88. The second-order valence-electron chi connectivity index (χ2n) is 5.13. The smallest absolute Gasteiger partial charge is 0.0794 e. The van der Waals surface area contributed by atoms with Crippen LogP contribution in [-0.2, 0) is 6.42 Å². The molecular weight excluding hydrogens is 230 g/mol. The molecule has 0 saturated heterocycles. The lowest BCUT2D eigenvalue weighted by Crippen LogP contribution is -2.38. The number of hydrogen-bond acceptors (Lipinski definition) is 4. The number of thiazole rings is 1. The highest BCUT2D eigenvalue weighted by Crippen LogP contribution is 2.27. The normalized spacial score (nSPS) is 20.1. The van der Waals surface area contributed by atoms with Crippen LogP contribution in [0.25, 0.3) is 0 Å². The fourth-order valence-electron chi connectivity index (χ4n) is 2.80. The molecule has 1 atom stereocenters. The van der Waals surface area contributed by atoms with Gasteiger partial charge in [0.25, 0.3) is 0 Å². The Balaban J connectivity index is 1.81. The van der Waals surface area contributed by atoms with E-state index in [4.69, 9.17) is 5.84 Å². The summed E-state index contributed by atoms with van der Waals surface area (Å²) in [5.41, 5.74) is 4.88. The van der Waals surface area contributed by atoms with E-state index in [1.807, 2.05) is 11.7 Å². The summed E-state index contributed by atoms with van der Waals surface area (Å²) in [5, 5.41) is 0. The van der Waals surface area contributed by atoms with E-state index < -0.39 is 0 Å². The molecule has 0 amide bonds. The Kier molecular flexibility index (Phi) is 5.42. The molecule has 2 rings (SSSR count). The predicted molar refractivity (Wildman–Crippen MR) is 72.7 cm³/mol. The van der Waals surface area contributed by atoms with Crippen LogP contribution in [0.15, 0.2) is 11.7 Å². The van der Waals surface area contributed by atoms with Crippen molar-refractivity contribution in [2.24, 2.45) is 11.8 Å². The fraction of sp³-hybridized carbons (Fsp3) is 0.769. The summed E-state index contributed by atoms with van der Waals surface area (Å²) in [4.78, 5) is 5.46. The molecule has 1 aliphatic carbocycles. The molecule has 1 heterocycles. The average Bonchev–Trinajstić information content (AvgIpc) is 2.71. The molecule has 1 aliphatic rings. The molecule has 0 spiro atoms. The van der Waals surface area contributed by atoms with Gasteiger partial charge in [0.2, 0.25) is 0 Å². The molecule has 3 nitrogen and oxygen atoms in total. The average molecular weight is 253 g/mol. The van der Waals surface area contributed by atoms with Gasteiger partial charge in [0, 0.05) is 23.5 Å². The topological polar surface area (TPSA) is 50.9 Å². The van der Waals surface area contributed by atoms with Crippen LogP contribution in [0, 0.1) is 5.92 Å². The highest BCUT2D eigenvalue weighted by molar-refractivity contribution is 7.09. The minimum atomic E-state index is 0.415. The summed E-state index contributed by atoms with van der Waals surface area (Å²) in [7, 11) is 0. The van der Waals surface area contributed by atoms with Gasteiger partial charge in [-0.25, -0.2) is 0 Å². The highest BCUT2D eigenvalue weighted by atomic mass is 32.1. The second kappa shape index (κ2) is 7.09. The van der Waals surface area contributed by atoms with E-state index in [2.05, 4.69) is 10.4 Å². The maximum Gasteiger partial charge on any atom is 0.0794 e. The van der Waals surface area contributed by atoms with E-state index in [0.717, 1.165) is 12.3 Å². The van der Waals surface area contributed by atoms with Crippen molar-refractivity contribution >= 4 is 11.3 Å². The van der Waals surface area contributed by atoms with Gasteiger partial charge in [-0.3, -0.25) is 16.3 Å². The Bertz CT molecular complexity index is 292. The molecule has 1 aromatic rings. The summed E-state index contributed by atoms with van der Waals surface area (Å²) in [6.07, 6.45) is 12.6.